The number of benzene rings is 2. The van der Waals surface area contributed by atoms with Crippen LogP contribution in [-0.2, 0) is 26.7 Å². The lowest BCUT2D eigenvalue weighted by molar-refractivity contribution is -0.142. The third-order valence-electron chi connectivity index (χ3n) is 5.64. The maximum atomic E-state index is 13.7. The molecule has 2 heterocycles. The van der Waals surface area contributed by atoms with E-state index in [1.807, 2.05) is 0 Å². The first kappa shape index (κ1) is 26.7. The minimum absolute atomic E-state index is 0.334. The van der Waals surface area contributed by atoms with E-state index in [1.54, 1.807) is 0 Å². The highest BCUT2D eigenvalue weighted by molar-refractivity contribution is 6.10. The van der Waals surface area contributed by atoms with E-state index in [0.717, 1.165) is 26.4 Å². The van der Waals surface area contributed by atoms with Crippen LogP contribution < -0.4 is 28.7 Å². The Hall–Kier alpha value is -4.37. The number of ether oxygens (including phenoxy) is 4. The molecule has 16 heteroatoms. The molecule has 0 saturated carbocycles. The molecular weight excluding hydrogens is 534 g/mol. The molecule has 1 N–H and O–H groups in total. The molecule has 2 aromatic rings. The van der Waals surface area contributed by atoms with E-state index >= 15 is 0 Å². The van der Waals surface area contributed by atoms with E-state index in [1.165, 1.54) is 0 Å². The number of rotatable bonds is 5. The van der Waals surface area contributed by atoms with Gasteiger partial charge in [0.15, 0.2) is 13.2 Å². The summed E-state index contributed by atoms with van der Waals surface area (Å²) in [6.07, 6.45) is -12.5. The van der Waals surface area contributed by atoms with Crippen molar-refractivity contribution in [2.24, 2.45) is 0 Å². The molecule has 0 aromatic heterocycles. The molecule has 2 aliphatic heterocycles. The quantitative estimate of drug-likeness (QED) is 0.565. The highest BCUT2D eigenvalue weighted by atomic mass is 19.4. The maximum absolute atomic E-state index is 13.7. The predicted octanol–water partition coefficient (Wildman–Crippen LogP) is 3.30. The Bertz CT molecular complexity index is 1230. The fourth-order valence-electron chi connectivity index (χ4n) is 4.05. The fraction of sp³-hybridized carbons (Fsp3) is 0.318. The maximum Gasteiger partial charge on any atom is 0.420 e. The molecule has 0 unspecified atom stereocenters. The minimum atomic E-state index is -5.02. The van der Waals surface area contributed by atoms with Gasteiger partial charge in [-0.3, -0.25) is 19.4 Å². The van der Waals surface area contributed by atoms with Crippen molar-refractivity contribution in [1.29, 1.82) is 0 Å². The molecule has 2 amide bonds. The first-order valence-electron chi connectivity index (χ1n) is 10.4. The van der Waals surface area contributed by atoms with Crippen molar-refractivity contribution in [2.45, 2.75) is 18.5 Å². The number of amides is 2. The molecule has 0 spiro atoms. The number of halogens is 6. The van der Waals surface area contributed by atoms with Gasteiger partial charge in [-0.25, -0.2) is 4.79 Å². The number of anilines is 2. The van der Waals surface area contributed by atoms with E-state index in [2.05, 4.69) is 0 Å². The highest BCUT2D eigenvalue weighted by Gasteiger charge is 2.47. The van der Waals surface area contributed by atoms with Crippen molar-refractivity contribution in [3.8, 4) is 23.0 Å². The lowest BCUT2D eigenvalue weighted by atomic mass is 10.1. The van der Waals surface area contributed by atoms with Gasteiger partial charge in [0.25, 0.3) is 11.8 Å². The summed E-state index contributed by atoms with van der Waals surface area (Å²) in [5, 5.41) is 10.1. The van der Waals surface area contributed by atoms with Crippen LogP contribution in [0.5, 0.6) is 23.0 Å². The number of carboxylic acid groups (broad SMARTS) is 1. The monoisotopic (exact) mass is 550 g/mol. The third kappa shape index (κ3) is 4.45. The summed E-state index contributed by atoms with van der Waals surface area (Å²) in [5.41, 5.74) is -4.20. The molecular formula is C22H16F6N2O8. The number of fused-ring (bicyclic) bond motifs is 2. The number of methoxy groups -OCH3 is 2. The average Bonchev–Trinajstić information content (AvgIpc) is 2.83. The number of carboxylic acids is 1. The highest BCUT2D eigenvalue weighted by Crippen LogP contribution is 2.48. The molecule has 0 bridgehead atoms. The molecule has 2 aromatic carbocycles. The van der Waals surface area contributed by atoms with E-state index in [4.69, 9.17) is 18.9 Å². The summed E-state index contributed by atoms with van der Waals surface area (Å²) in [5.74, 6) is -6.51. The van der Waals surface area contributed by atoms with Gasteiger partial charge in [-0.15, -0.1) is 0 Å². The van der Waals surface area contributed by atoms with Crippen molar-refractivity contribution in [3.63, 3.8) is 0 Å². The topological polar surface area (TPSA) is 115 Å². The van der Waals surface area contributed by atoms with E-state index in [0.29, 0.717) is 21.9 Å². The Labute approximate surface area is 208 Å². The van der Waals surface area contributed by atoms with Gasteiger partial charge in [-0.05, 0) is 12.1 Å². The lowest BCUT2D eigenvalue weighted by Gasteiger charge is -2.41. The zero-order valence-corrected chi connectivity index (χ0v) is 19.3. The fourth-order valence-corrected chi connectivity index (χ4v) is 4.05. The summed E-state index contributed by atoms with van der Waals surface area (Å²) in [7, 11) is 1.89. The van der Waals surface area contributed by atoms with Crippen molar-refractivity contribution >= 4 is 29.2 Å². The van der Waals surface area contributed by atoms with Crippen LogP contribution in [0.2, 0.25) is 0 Å². The second-order valence-electron chi connectivity index (χ2n) is 7.85. The van der Waals surface area contributed by atoms with Gasteiger partial charge in [0.2, 0.25) is 6.17 Å². The normalized spacial score (nSPS) is 15.5. The second kappa shape index (κ2) is 9.18. The van der Waals surface area contributed by atoms with Crippen molar-refractivity contribution in [2.75, 3.05) is 37.2 Å². The Morgan fingerprint density at radius 1 is 0.816 bits per heavy atom. The number of aliphatic carboxylic acids is 1. The van der Waals surface area contributed by atoms with E-state index in [9.17, 15) is 45.8 Å². The van der Waals surface area contributed by atoms with Gasteiger partial charge in [0, 0.05) is 12.1 Å². The Balaban J connectivity index is 1.95. The van der Waals surface area contributed by atoms with E-state index in [-0.39, 0.29) is 0 Å². The van der Waals surface area contributed by atoms with Crippen molar-refractivity contribution < 1.29 is 64.8 Å². The number of hydrogen-bond acceptors (Lipinski definition) is 7. The standard InChI is InChI=1S/C22H16F6N2O8/c1-35-13-5-15-11(3-9(13)21(23,24)25)29(17(31)7-37-15)19(20(33)34)30-12-4-10(22(26,27)28)14(36-2)6-16(12)38-8-18(30)32/h3-6,19H,7-8H2,1-2H3,(H,33,34). The van der Waals surface area contributed by atoms with Gasteiger partial charge >= 0.3 is 18.3 Å². The van der Waals surface area contributed by atoms with Crippen LogP contribution in [0.4, 0.5) is 37.7 Å². The van der Waals surface area contributed by atoms with Crippen LogP contribution in [0.15, 0.2) is 24.3 Å². The number of hydrogen-bond donors (Lipinski definition) is 1. The smallest absolute Gasteiger partial charge is 0.420 e. The summed E-state index contributed by atoms with van der Waals surface area (Å²) in [6.45, 7) is -1.71. The van der Waals surface area contributed by atoms with Crippen LogP contribution in [0.25, 0.3) is 0 Å². The first-order chi connectivity index (χ1) is 17.7. The summed E-state index contributed by atoms with van der Waals surface area (Å²) >= 11 is 0. The largest absolute Gasteiger partial charge is 0.496 e. The van der Waals surface area contributed by atoms with Crippen LogP contribution >= 0.6 is 0 Å². The van der Waals surface area contributed by atoms with Crippen LogP contribution in [0.3, 0.4) is 0 Å². The lowest BCUT2D eigenvalue weighted by Crippen LogP contribution is -2.61. The van der Waals surface area contributed by atoms with Gasteiger partial charge < -0.3 is 24.1 Å². The van der Waals surface area contributed by atoms with Crippen LogP contribution in [0.1, 0.15) is 11.1 Å². The average molecular weight is 550 g/mol. The summed E-state index contributed by atoms with van der Waals surface area (Å²) < 4.78 is 102. The molecule has 0 aliphatic carbocycles. The van der Waals surface area contributed by atoms with Gasteiger partial charge in [0.05, 0.1) is 36.7 Å². The molecule has 10 nitrogen and oxygen atoms in total. The first-order valence-corrected chi connectivity index (χ1v) is 10.4. The Morgan fingerprint density at radius 3 is 1.47 bits per heavy atom. The zero-order valence-electron chi connectivity index (χ0n) is 19.3. The Morgan fingerprint density at radius 2 is 1.18 bits per heavy atom. The van der Waals surface area contributed by atoms with Crippen LogP contribution in [-0.4, -0.2) is 56.5 Å². The number of alkyl halides is 6. The van der Waals surface area contributed by atoms with Gasteiger partial charge in [-0.2, -0.15) is 26.3 Å². The van der Waals surface area contributed by atoms with Gasteiger partial charge in [0.1, 0.15) is 23.0 Å². The zero-order chi connectivity index (χ0) is 28.2. The number of carbonyl (C=O) groups excluding carboxylic acids is 2. The summed E-state index contributed by atoms with van der Waals surface area (Å²) in [4.78, 5) is 38.8. The van der Waals surface area contributed by atoms with Crippen molar-refractivity contribution in [1.82, 2.24) is 0 Å². The predicted molar refractivity (Wildman–Crippen MR) is 113 cm³/mol. The van der Waals surface area contributed by atoms with Gasteiger partial charge in [-0.1, -0.05) is 0 Å². The minimum Gasteiger partial charge on any atom is -0.496 e. The molecule has 2 aliphatic rings. The second-order valence-corrected chi connectivity index (χ2v) is 7.85. The molecule has 38 heavy (non-hydrogen) atoms. The molecule has 0 saturated heterocycles. The SMILES string of the molecule is COc1cc2c(cc1C(F)(F)F)N(C(C(=O)O)N1C(=O)COc3cc(OC)c(C(F)(F)F)cc31)C(=O)CO2. The molecule has 0 radical (unpaired) electrons. The number of nitrogens with zero attached hydrogens (tertiary/aromatic N) is 2. The molecule has 204 valence electrons. The van der Waals surface area contributed by atoms with E-state index < -0.39 is 95.0 Å². The molecule has 0 fully saturated rings. The molecule has 4 rings (SSSR count). The van der Waals surface area contributed by atoms with Crippen LogP contribution in [0, 0.1) is 0 Å². The third-order valence-corrected chi connectivity index (χ3v) is 5.64. The summed E-state index contributed by atoms with van der Waals surface area (Å²) in [6, 6.07) is 2.33. The Kier molecular flexibility index (Phi) is 6.45. The molecule has 0 atom stereocenters. The number of carbonyl (C=O) groups is 3. The van der Waals surface area contributed by atoms with Crippen molar-refractivity contribution in [3.05, 3.63) is 35.4 Å².